The maximum atomic E-state index is 12.4. The van der Waals surface area contributed by atoms with E-state index in [1.807, 2.05) is 30.3 Å². The molecular formula is C16H16N2O5. The van der Waals surface area contributed by atoms with Gasteiger partial charge in [-0.15, -0.1) is 0 Å². The number of aliphatic hydroxyl groups is 1. The molecule has 1 amide bonds. The monoisotopic (exact) mass is 316 g/mol. The van der Waals surface area contributed by atoms with E-state index < -0.39 is 11.6 Å². The van der Waals surface area contributed by atoms with Crippen molar-refractivity contribution in [2.75, 3.05) is 13.1 Å². The molecule has 0 spiro atoms. The Morgan fingerprint density at radius 3 is 2.43 bits per heavy atom. The maximum absolute atomic E-state index is 12.4. The van der Waals surface area contributed by atoms with E-state index in [2.05, 4.69) is 5.16 Å². The Labute approximate surface area is 132 Å². The lowest BCUT2D eigenvalue weighted by Gasteiger charge is -2.34. The molecule has 1 aliphatic rings. The number of rotatable bonds is 3. The van der Waals surface area contributed by atoms with Crippen molar-refractivity contribution in [3.8, 4) is 11.3 Å². The minimum absolute atomic E-state index is 0.00251. The van der Waals surface area contributed by atoms with Crippen LogP contribution in [0.25, 0.3) is 11.3 Å². The van der Waals surface area contributed by atoms with Crippen LogP contribution in [-0.2, 0) is 4.79 Å². The Morgan fingerprint density at radius 1 is 1.17 bits per heavy atom. The van der Waals surface area contributed by atoms with E-state index in [4.69, 9.17) is 9.63 Å². The lowest BCUT2D eigenvalue weighted by Crippen LogP contribution is -2.50. The zero-order chi connectivity index (χ0) is 16.4. The Morgan fingerprint density at radius 2 is 1.83 bits per heavy atom. The van der Waals surface area contributed by atoms with E-state index in [1.165, 1.54) is 4.90 Å². The molecule has 120 valence electrons. The Kier molecular flexibility index (Phi) is 3.87. The van der Waals surface area contributed by atoms with E-state index in [9.17, 15) is 14.7 Å². The third kappa shape index (κ3) is 2.95. The number of carboxylic acid groups (broad SMARTS) is 1. The Hall–Kier alpha value is -2.67. The zero-order valence-electron chi connectivity index (χ0n) is 12.3. The summed E-state index contributed by atoms with van der Waals surface area (Å²) in [5.74, 6) is -1.09. The average molecular weight is 316 g/mol. The molecule has 1 aromatic heterocycles. The predicted octanol–water partition coefficient (Wildman–Crippen LogP) is 1.39. The van der Waals surface area contributed by atoms with Gasteiger partial charge in [-0.2, -0.15) is 0 Å². The zero-order valence-corrected chi connectivity index (χ0v) is 12.3. The van der Waals surface area contributed by atoms with Gasteiger partial charge in [-0.3, -0.25) is 4.79 Å². The van der Waals surface area contributed by atoms with Gasteiger partial charge < -0.3 is 19.6 Å². The van der Waals surface area contributed by atoms with Crippen LogP contribution in [0.1, 0.15) is 23.3 Å². The molecule has 3 rings (SSSR count). The summed E-state index contributed by atoms with van der Waals surface area (Å²) in [7, 11) is 0. The third-order valence-electron chi connectivity index (χ3n) is 4.06. The number of benzene rings is 1. The first-order valence-electron chi connectivity index (χ1n) is 7.27. The number of aliphatic carboxylic acids is 1. The number of aromatic nitrogens is 1. The normalized spacial score (nSPS) is 17.0. The van der Waals surface area contributed by atoms with Crippen molar-refractivity contribution in [3.05, 3.63) is 42.1 Å². The summed E-state index contributed by atoms with van der Waals surface area (Å²) in [5.41, 5.74) is -0.766. The van der Waals surface area contributed by atoms with Gasteiger partial charge in [0.15, 0.2) is 17.1 Å². The molecule has 1 fully saturated rings. The molecular weight excluding hydrogens is 300 g/mol. The summed E-state index contributed by atoms with van der Waals surface area (Å²) >= 11 is 0. The van der Waals surface area contributed by atoms with Gasteiger partial charge in [0, 0.05) is 37.6 Å². The topological polar surface area (TPSA) is 104 Å². The molecule has 1 aromatic carbocycles. The van der Waals surface area contributed by atoms with Gasteiger partial charge in [0.1, 0.15) is 0 Å². The Bertz CT molecular complexity index is 717. The first kappa shape index (κ1) is 15.2. The first-order chi connectivity index (χ1) is 11.0. The maximum Gasteiger partial charge on any atom is 0.335 e. The van der Waals surface area contributed by atoms with Crippen LogP contribution in [0.4, 0.5) is 0 Å². The average Bonchev–Trinajstić information content (AvgIpc) is 3.05. The first-order valence-corrected chi connectivity index (χ1v) is 7.27. The molecule has 0 bridgehead atoms. The number of amides is 1. The van der Waals surface area contributed by atoms with Crippen molar-refractivity contribution >= 4 is 11.9 Å². The fraction of sp³-hybridized carbons (Fsp3) is 0.312. The van der Waals surface area contributed by atoms with Crippen LogP contribution < -0.4 is 0 Å². The van der Waals surface area contributed by atoms with Gasteiger partial charge in [-0.25, -0.2) is 4.79 Å². The summed E-state index contributed by atoms with van der Waals surface area (Å²) < 4.78 is 5.20. The van der Waals surface area contributed by atoms with Gasteiger partial charge in [0.05, 0.1) is 0 Å². The van der Waals surface area contributed by atoms with E-state index in [0.29, 0.717) is 5.76 Å². The van der Waals surface area contributed by atoms with Crippen molar-refractivity contribution in [1.29, 1.82) is 0 Å². The summed E-state index contributed by atoms with van der Waals surface area (Å²) in [6, 6.07) is 10.9. The number of carboxylic acids is 1. The number of nitrogens with zero attached hydrogens (tertiary/aromatic N) is 2. The van der Waals surface area contributed by atoms with Crippen LogP contribution in [-0.4, -0.2) is 50.8 Å². The standard InChI is InChI=1S/C16H16N2O5/c19-14(18-8-6-16(22,7-9-18)15(20)21)12-10-13(23-17-12)11-4-2-1-3-5-11/h1-5,10,22H,6-9H2,(H,20,21). The second-order valence-electron chi connectivity index (χ2n) is 5.57. The number of hydrogen-bond acceptors (Lipinski definition) is 5. The van der Waals surface area contributed by atoms with E-state index in [0.717, 1.165) is 5.56 Å². The minimum atomic E-state index is -1.75. The second-order valence-corrected chi connectivity index (χ2v) is 5.57. The predicted molar refractivity (Wildman–Crippen MR) is 79.7 cm³/mol. The lowest BCUT2D eigenvalue weighted by atomic mass is 9.91. The van der Waals surface area contributed by atoms with Crippen molar-refractivity contribution in [2.24, 2.45) is 0 Å². The highest BCUT2D eigenvalue weighted by molar-refractivity contribution is 5.93. The second kappa shape index (κ2) is 5.85. The molecule has 2 aromatic rings. The molecule has 23 heavy (non-hydrogen) atoms. The van der Waals surface area contributed by atoms with E-state index in [-0.39, 0.29) is 37.5 Å². The smallest absolute Gasteiger partial charge is 0.335 e. The third-order valence-corrected chi connectivity index (χ3v) is 4.06. The van der Waals surface area contributed by atoms with Gasteiger partial charge in [0.25, 0.3) is 5.91 Å². The van der Waals surface area contributed by atoms with Gasteiger partial charge in [0.2, 0.25) is 0 Å². The molecule has 7 heteroatoms. The highest BCUT2D eigenvalue weighted by Gasteiger charge is 2.40. The minimum Gasteiger partial charge on any atom is -0.479 e. The van der Waals surface area contributed by atoms with Crippen LogP contribution in [0, 0.1) is 0 Å². The molecule has 2 N–H and O–H groups in total. The molecule has 1 saturated heterocycles. The molecule has 7 nitrogen and oxygen atoms in total. The van der Waals surface area contributed by atoms with Crippen LogP contribution in [0.2, 0.25) is 0 Å². The van der Waals surface area contributed by atoms with E-state index >= 15 is 0 Å². The summed E-state index contributed by atoms with van der Waals surface area (Å²) in [5, 5.41) is 22.7. The van der Waals surface area contributed by atoms with Crippen LogP contribution in [0.3, 0.4) is 0 Å². The largest absolute Gasteiger partial charge is 0.479 e. The van der Waals surface area contributed by atoms with Crippen molar-refractivity contribution in [2.45, 2.75) is 18.4 Å². The molecule has 0 atom stereocenters. The number of likely N-dealkylation sites (tertiary alicyclic amines) is 1. The number of piperidine rings is 1. The number of carbonyl (C=O) groups is 2. The molecule has 0 radical (unpaired) electrons. The lowest BCUT2D eigenvalue weighted by molar-refractivity contribution is -0.162. The van der Waals surface area contributed by atoms with Crippen LogP contribution >= 0.6 is 0 Å². The van der Waals surface area contributed by atoms with Crippen molar-refractivity contribution < 1.29 is 24.3 Å². The number of carbonyl (C=O) groups excluding carboxylic acids is 1. The molecule has 0 aliphatic carbocycles. The highest BCUT2D eigenvalue weighted by atomic mass is 16.5. The summed E-state index contributed by atoms with van der Waals surface area (Å²) in [6.07, 6.45) is -0.00503. The molecule has 0 unspecified atom stereocenters. The SMILES string of the molecule is O=C(c1cc(-c2ccccc2)on1)N1CCC(O)(C(=O)O)CC1. The van der Waals surface area contributed by atoms with Gasteiger partial charge in [-0.1, -0.05) is 35.5 Å². The van der Waals surface area contributed by atoms with Gasteiger partial charge >= 0.3 is 5.97 Å². The number of hydrogen-bond donors (Lipinski definition) is 2. The fourth-order valence-electron chi connectivity index (χ4n) is 2.57. The molecule has 1 aliphatic heterocycles. The van der Waals surface area contributed by atoms with Crippen LogP contribution in [0.15, 0.2) is 40.9 Å². The highest BCUT2D eigenvalue weighted by Crippen LogP contribution is 2.25. The van der Waals surface area contributed by atoms with Crippen molar-refractivity contribution in [3.63, 3.8) is 0 Å². The Balaban J connectivity index is 1.70. The van der Waals surface area contributed by atoms with Crippen LogP contribution in [0.5, 0.6) is 0 Å². The summed E-state index contributed by atoms with van der Waals surface area (Å²) in [4.78, 5) is 24.9. The quantitative estimate of drug-likeness (QED) is 0.887. The fourth-order valence-corrected chi connectivity index (χ4v) is 2.57. The van der Waals surface area contributed by atoms with Crippen molar-refractivity contribution in [1.82, 2.24) is 10.1 Å². The summed E-state index contributed by atoms with van der Waals surface area (Å²) in [6.45, 7) is 0.324. The van der Waals surface area contributed by atoms with Gasteiger partial charge in [-0.05, 0) is 0 Å². The molecule has 0 saturated carbocycles. The molecule has 2 heterocycles. The van der Waals surface area contributed by atoms with E-state index in [1.54, 1.807) is 6.07 Å².